The number of carbonyl (C=O) groups is 2. The first-order valence-electron chi connectivity index (χ1n) is 12.6. The summed E-state index contributed by atoms with van der Waals surface area (Å²) < 4.78 is 30.7. The zero-order valence-corrected chi connectivity index (χ0v) is 22.4. The van der Waals surface area contributed by atoms with E-state index >= 15 is 4.39 Å². The van der Waals surface area contributed by atoms with Gasteiger partial charge in [-0.25, -0.2) is 8.78 Å². The minimum absolute atomic E-state index is 0.0382. The van der Waals surface area contributed by atoms with Gasteiger partial charge in [-0.05, 0) is 66.3 Å². The van der Waals surface area contributed by atoms with E-state index in [0.717, 1.165) is 0 Å². The standard InChI is InChI=1S/C30H27ClF2N4O2/c1-29(2,3)14-24-30(13-23(36-24)27(38)35-18-9-7-16(15-34)8-10-18)25-21(32)11-17(12-22(25)37-28(30)39)19-5-4-6-20(31)26(19)33/h4-12,23-24,36H,13-14H2,1-3H3,(H,35,38)(H,37,39). The van der Waals surface area contributed by atoms with Crippen LogP contribution < -0.4 is 16.0 Å². The number of hydrogen-bond donors (Lipinski definition) is 3. The Balaban J connectivity index is 1.53. The maximum atomic E-state index is 16.0. The molecule has 3 atom stereocenters. The Morgan fingerprint density at radius 2 is 1.90 bits per heavy atom. The molecule has 1 fully saturated rings. The summed E-state index contributed by atoms with van der Waals surface area (Å²) in [6.45, 7) is 6.05. The minimum Gasteiger partial charge on any atom is -0.325 e. The van der Waals surface area contributed by atoms with E-state index in [4.69, 9.17) is 16.9 Å². The second-order valence-electron chi connectivity index (χ2n) is 11.3. The number of nitrogens with one attached hydrogen (secondary N) is 3. The van der Waals surface area contributed by atoms with Crippen molar-refractivity contribution in [2.75, 3.05) is 10.6 Å². The van der Waals surface area contributed by atoms with Gasteiger partial charge in [0.05, 0.1) is 28.1 Å². The number of nitrogens with zero attached hydrogens (tertiary/aromatic N) is 1. The third-order valence-electron chi connectivity index (χ3n) is 7.39. The number of amides is 2. The Morgan fingerprint density at radius 3 is 2.56 bits per heavy atom. The molecule has 6 nitrogen and oxygen atoms in total. The van der Waals surface area contributed by atoms with Gasteiger partial charge in [-0.2, -0.15) is 5.26 Å². The molecule has 1 spiro atoms. The summed E-state index contributed by atoms with van der Waals surface area (Å²) in [4.78, 5) is 27.0. The van der Waals surface area contributed by atoms with Crippen LogP contribution in [0, 0.1) is 28.4 Å². The van der Waals surface area contributed by atoms with Crippen molar-refractivity contribution in [1.29, 1.82) is 5.26 Å². The lowest BCUT2D eigenvalue weighted by atomic mass is 9.69. The Labute approximate surface area is 230 Å². The fourth-order valence-electron chi connectivity index (χ4n) is 5.70. The number of nitriles is 1. The van der Waals surface area contributed by atoms with E-state index in [1.165, 1.54) is 18.2 Å². The normalized spacial score (nSPS) is 21.9. The van der Waals surface area contributed by atoms with Crippen LogP contribution in [0.4, 0.5) is 20.2 Å². The number of hydrogen-bond acceptors (Lipinski definition) is 4. The topological polar surface area (TPSA) is 94.0 Å². The molecule has 0 radical (unpaired) electrons. The lowest BCUT2D eigenvalue weighted by molar-refractivity contribution is -0.121. The van der Waals surface area contributed by atoms with E-state index < -0.39 is 35.0 Å². The molecule has 9 heteroatoms. The summed E-state index contributed by atoms with van der Waals surface area (Å²) in [5.41, 5.74) is 0.175. The maximum absolute atomic E-state index is 16.0. The fraction of sp³-hybridized carbons (Fsp3) is 0.300. The number of halogens is 3. The Bertz CT molecular complexity index is 1530. The van der Waals surface area contributed by atoms with Crippen molar-refractivity contribution in [3.63, 3.8) is 0 Å². The summed E-state index contributed by atoms with van der Waals surface area (Å²) in [5.74, 6) is -2.11. The van der Waals surface area contributed by atoms with E-state index in [0.29, 0.717) is 17.7 Å². The number of anilines is 2. The van der Waals surface area contributed by atoms with Crippen molar-refractivity contribution in [3.8, 4) is 17.2 Å². The molecule has 3 N–H and O–H groups in total. The van der Waals surface area contributed by atoms with Gasteiger partial charge in [-0.3, -0.25) is 9.59 Å². The average Bonchev–Trinajstić information content (AvgIpc) is 3.38. The Kier molecular flexibility index (Phi) is 6.69. The second-order valence-corrected chi connectivity index (χ2v) is 11.7. The first-order chi connectivity index (χ1) is 18.4. The molecule has 2 aliphatic heterocycles. The van der Waals surface area contributed by atoms with Gasteiger partial charge in [0.1, 0.15) is 11.6 Å². The SMILES string of the molecule is CC(C)(C)CC1NC(C(=O)Nc2ccc(C#N)cc2)CC12C(=O)Nc1cc(-c3cccc(Cl)c3F)cc(F)c12. The summed E-state index contributed by atoms with van der Waals surface area (Å²) in [5, 5.41) is 17.9. The Hall–Kier alpha value is -3.80. The van der Waals surface area contributed by atoms with Crippen molar-refractivity contribution >= 4 is 34.8 Å². The third kappa shape index (κ3) is 4.77. The van der Waals surface area contributed by atoms with Crippen molar-refractivity contribution in [2.45, 2.75) is 51.1 Å². The highest BCUT2D eigenvalue weighted by molar-refractivity contribution is 6.31. The van der Waals surface area contributed by atoms with E-state index in [2.05, 4.69) is 16.0 Å². The lowest BCUT2D eigenvalue weighted by Gasteiger charge is -2.33. The molecular formula is C30H27ClF2N4O2. The van der Waals surface area contributed by atoms with Crippen LogP contribution in [-0.2, 0) is 15.0 Å². The highest BCUT2D eigenvalue weighted by Gasteiger charge is 2.60. The smallest absolute Gasteiger partial charge is 0.241 e. The van der Waals surface area contributed by atoms with Crippen LogP contribution in [0.1, 0.15) is 44.7 Å². The first-order valence-corrected chi connectivity index (χ1v) is 13.0. The molecular weight excluding hydrogens is 522 g/mol. The lowest BCUT2D eigenvalue weighted by Crippen LogP contribution is -2.48. The number of benzene rings is 3. The molecule has 2 heterocycles. The largest absolute Gasteiger partial charge is 0.325 e. The monoisotopic (exact) mass is 548 g/mol. The van der Waals surface area contributed by atoms with Crippen LogP contribution >= 0.6 is 11.6 Å². The average molecular weight is 549 g/mol. The predicted octanol–water partition coefficient (Wildman–Crippen LogP) is 6.15. The number of carbonyl (C=O) groups excluding carboxylic acids is 2. The van der Waals surface area contributed by atoms with Crippen LogP contribution in [-0.4, -0.2) is 23.9 Å². The quantitative estimate of drug-likeness (QED) is 0.364. The molecule has 3 aromatic carbocycles. The molecule has 3 aromatic rings. The zero-order chi connectivity index (χ0) is 28.1. The second kappa shape index (κ2) is 9.74. The van der Waals surface area contributed by atoms with Crippen molar-refractivity contribution in [1.82, 2.24) is 5.32 Å². The van der Waals surface area contributed by atoms with Crippen molar-refractivity contribution in [3.05, 3.63) is 82.4 Å². The molecule has 0 aliphatic carbocycles. The number of rotatable bonds is 4. The van der Waals surface area contributed by atoms with Gasteiger partial charge in [0.2, 0.25) is 11.8 Å². The van der Waals surface area contributed by atoms with Crippen molar-refractivity contribution < 1.29 is 18.4 Å². The Morgan fingerprint density at radius 1 is 1.18 bits per heavy atom. The van der Waals surface area contributed by atoms with Gasteiger partial charge in [0, 0.05) is 28.5 Å². The maximum Gasteiger partial charge on any atom is 0.241 e. The minimum atomic E-state index is -1.34. The summed E-state index contributed by atoms with van der Waals surface area (Å²) >= 11 is 5.94. The highest BCUT2D eigenvalue weighted by atomic mass is 35.5. The van der Waals surface area contributed by atoms with Crippen molar-refractivity contribution in [2.24, 2.45) is 5.41 Å². The van der Waals surface area contributed by atoms with Crippen LogP contribution in [0.3, 0.4) is 0 Å². The fourth-order valence-corrected chi connectivity index (χ4v) is 5.87. The third-order valence-corrected chi connectivity index (χ3v) is 7.68. The molecule has 39 heavy (non-hydrogen) atoms. The molecule has 0 aromatic heterocycles. The molecule has 0 bridgehead atoms. The van der Waals surface area contributed by atoms with E-state index in [1.54, 1.807) is 36.4 Å². The summed E-state index contributed by atoms with van der Waals surface area (Å²) in [6, 6.07) is 14.4. The van der Waals surface area contributed by atoms with Crippen LogP contribution in [0.5, 0.6) is 0 Å². The molecule has 200 valence electrons. The van der Waals surface area contributed by atoms with Crippen LogP contribution in [0.2, 0.25) is 5.02 Å². The summed E-state index contributed by atoms with van der Waals surface area (Å²) in [6.07, 6.45) is 0.529. The number of fused-ring (bicyclic) bond motifs is 2. The molecule has 5 rings (SSSR count). The molecule has 0 saturated carbocycles. The van der Waals surface area contributed by atoms with Gasteiger partial charge >= 0.3 is 0 Å². The van der Waals surface area contributed by atoms with E-state index in [1.807, 2.05) is 26.8 Å². The van der Waals surface area contributed by atoms with Gasteiger partial charge in [0.25, 0.3) is 0 Å². The van der Waals surface area contributed by atoms with E-state index in [9.17, 15) is 14.0 Å². The van der Waals surface area contributed by atoms with Gasteiger partial charge < -0.3 is 16.0 Å². The molecule has 3 unspecified atom stereocenters. The molecule has 2 aliphatic rings. The first kappa shape index (κ1) is 26.8. The zero-order valence-electron chi connectivity index (χ0n) is 21.7. The highest BCUT2D eigenvalue weighted by Crippen LogP contribution is 2.51. The summed E-state index contributed by atoms with van der Waals surface area (Å²) in [7, 11) is 0. The molecule has 1 saturated heterocycles. The van der Waals surface area contributed by atoms with E-state index in [-0.39, 0.29) is 45.1 Å². The van der Waals surface area contributed by atoms with Gasteiger partial charge in [0.15, 0.2) is 0 Å². The van der Waals surface area contributed by atoms with Gasteiger partial charge in [-0.15, -0.1) is 0 Å². The van der Waals surface area contributed by atoms with Crippen LogP contribution in [0.15, 0.2) is 54.6 Å². The predicted molar refractivity (Wildman–Crippen MR) is 146 cm³/mol. The molecule has 2 amide bonds. The van der Waals surface area contributed by atoms with Gasteiger partial charge in [-0.1, -0.05) is 44.5 Å². The van der Waals surface area contributed by atoms with Crippen LogP contribution in [0.25, 0.3) is 11.1 Å².